The van der Waals surface area contributed by atoms with E-state index < -0.39 is 0 Å². The molecule has 3 fully saturated rings. The van der Waals surface area contributed by atoms with Crippen molar-refractivity contribution in [3.63, 3.8) is 0 Å². The van der Waals surface area contributed by atoms with E-state index in [1.54, 1.807) is 0 Å². The van der Waals surface area contributed by atoms with Gasteiger partial charge in [0.15, 0.2) is 0 Å². The van der Waals surface area contributed by atoms with E-state index in [1.807, 2.05) is 10.8 Å². The molecule has 2 saturated carbocycles. The topological polar surface area (TPSA) is 92.1 Å². The minimum atomic E-state index is -0.263. The number of rotatable bonds is 6. The van der Waals surface area contributed by atoms with E-state index in [4.69, 9.17) is 4.98 Å². The summed E-state index contributed by atoms with van der Waals surface area (Å²) >= 11 is 0. The summed E-state index contributed by atoms with van der Waals surface area (Å²) in [7, 11) is 0. The highest BCUT2D eigenvalue weighted by molar-refractivity contribution is 6.04. The van der Waals surface area contributed by atoms with E-state index in [1.165, 1.54) is 31.2 Å². The van der Waals surface area contributed by atoms with Crippen LogP contribution in [0.5, 0.6) is 0 Å². The van der Waals surface area contributed by atoms with Crippen molar-refractivity contribution in [3.05, 3.63) is 40.3 Å². The van der Waals surface area contributed by atoms with Crippen LogP contribution < -0.4 is 16.2 Å². The molecule has 34 heavy (non-hydrogen) atoms. The molecule has 7 heteroatoms. The highest BCUT2D eigenvalue weighted by Gasteiger charge is 2.26. The molecule has 2 aromatic heterocycles. The third-order valence-electron chi connectivity index (χ3n) is 8.08. The van der Waals surface area contributed by atoms with Crippen LogP contribution in [0.4, 0.5) is 5.95 Å². The van der Waals surface area contributed by atoms with E-state index in [9.17, 15) is 9.90 Å². The van der Waals surface area contributed by atoms with Crippen molar-refractivity contribution in [2.75, 3.05) is 25.0 Å². The first-order valence-corrected chi connectivity index (χ1v) is 13.1. The number of anilines is 1. The van der Waals surface area contributed by atoms with E-state index in [2.05, 4.69) is 33.8 Å². The third kappa shape index (κ3) is 4.43. The van der Waals surface area contributed by atoms with Gasteiger partial charge < -0.3 is 15.7 Å². The van der Waals surface area contributed by atoms with Gasteiger partial charge >= 0.3 is 0 Å². The largest absolute Gasteiger partial charge is 0.393 e. The number of hydrogen-bond donors (Lipinski definition) is 3. The fourth-order valence-electron chi connectivity index (χ4n) is 5.82. The summed E-state index contributed by atoms with van der Waals surface area (Å²) in [5.41, 5.74) is 2.01. The molecular weight excluding hydrogens is 426 g/mol. The van der Waals surface area contributed by atoms with Crippen LogP contribution in [0.25, 0.3) is 21.8 Å². The second-order valence-electron chi connectivity index (χ2n) is 10.7. The molecule has 0 unspecified atom stereocenters. The average Bonchev–Trinajstić information content (AvgIpc) is 3.69. The molecule has 0 spiro atoms. The van der Waals surface area contributed by atoms with Gasteiger partial charge in [0.1, 0.15) is 5.65 Å². The standard InChI is InChI=1S/C27H35N5O2/c33-21-6-4-20(5-7-21)32-25-24(16-30-27(31-25)29-15-18-1-2-18)22-8-3-19(14-23(22)26(32)34)13-17-9-11-28-12-10-17/h3,8,14,16-18,20-21,28,33H,1-2,4-7,9-13,15H2,(H,29,30,31). The van der Waals surface area contributed by atoms with Crippen molar-refractivity contribution < 1.29 is 5.11 Å². The van der Waals surface area contributed by atoms with Gasteiger partial charge in [-0.05, 0) is 99.7 Å². The van der Waals surface area contributed by atoms with Crippen molar-refractivity contribution in [2.45, 2.75) is 69.9 Å². The van der Waals surface area contributed by atoms with Gasteiger partial charge in [0.05, 0.1) is 6.10 Å². The summed E-state index contributed by atoms with van der Waals surface area (Å²) < 4.78 is 1.92. The molecule has 1 aliphatic heterocycles. The molecule has 0 radical (unpaired) electrons. The van der Waals surface area contributed by atoms with Gasteiger partial charge in [-0.2, -0.15) is 4.98 Å². The van der Waals surface area contributed by atoms with Crippen molar-refractivity contribution >= 4 is 27.8 Å². The summed E-state index contributed by atoms with van der Waals surface area (Å²) in [6.07, 6.45) is 10.6. The highest BCUT2D eigenvalue weighted by Crippen LogP contribution is 2.33. The lowest BCUT2D eigenvalue weighted by molar-refractivity contribution is 0.111. The summed E-state index contributed by atoms with van der Waals surface area (Å²) in [4.78, 5) is 23.4. The Bertz CT molecular complexity index is 1240. The number of nitrogens with zero attached hydrogens (tertiary/aromatic N) is 3. The van der Waals surface area contributed by atoms with E-state index >= 15 is 0 Å². The van der Waals surface area contributed by atoms with Gasteiger partial charge in [0.25, 0.3) is 5.56 Å². The van der Waals surface area contributed by atoms with Crippen molar-refractivity contribution in [2.24, 2.45) is 11.8 Å². The molecule has 3 aliphatic rings. The second kappa shape index (κ2) is 9.27. The van der Waals surface area contributed by atoms with Gasteiger partial charge in [-0.3, -0.25) is 9.36 Å². The Kier molecular flexibility index (Phi) is 5.99. The predicted molar refractivity (Wildman–Crippen MR) is 135 cm³/mol. The van der Waals surface area contributed by atoms with Crippen molar-refractivity contribution in [3.8, 4) is 0 Å². The number of benzene rings is 1. The lowest BCUT2D eigenvalue weighted by atomic mass is 9.90. The SMILES string of the molecule is O=c1c2cc(CC3CCNCC3)ccc2c2cnc(NCC3CC3)nc2n1C1CCC(O)CC1. The van der Waals surface area contributed by atoms with E-state index in [-0.39, 0.29) is 17.7 Å². The van der Waals surface area contributed by atoms with Crippen molar-refractivity contribution in [1.82, 2.24) is 19.9 Å². The van der Waals surface area contributed by atoms with Crippen LogP contribution in [0.2, 0.25) is 0 Å². The first kappa shape index (κ1) is 22.0. The minimum Gasteiger partial charge on any atom is -0.393 e. The zero-order valence-corrected chi connectivity index (χ0v) is 19.8. The van der Waals surface area contributed by atoms with Gasteiger partial charge in [-0.25, -0.2) is 4.98 Å². The number of aromatic nitrogens is 3. The third-order valence-corrected chi connectivity index (χ3v) is 8.08. The zero-order valence-electron chi connectivity index (χ0n) is 19.8. The Hall–Kier alpha value is -2.51. The highest BCUT2D eigenvalue weighted by atomic mass is 16.3. The van der Waals surface area contributed by atoms with Gasteiger partial charge in [-0.1, -0.05) is 12.1 Å². The van der Waals surface area contributed by atoms with Crippen LogP contribution in [0, 0.1) is 11.8 Å². The molecule has 7 nitrogen and oxygen atoms in total. The summed E-state index contributed by atoms with van der Waals surface area (Å²) in [5, 5.41) is 19.5. The molecule has 0 atom stereocenters. The Labute approximate surface area is 200 Å². The Morgan fingerprint density at radius 3 is 2.53 bits per heavy atom. The first-order valence-electron chi connectivity index (χ1n) is 13.1. The molecule has 1 saturated heterocycles. The van der Waals surface area contributed by atoms with Gasteiger partial charge in [0, 0.05) is 29.6 Å². The smallest absolute Gasteiger partial charge is 0.260 e. The quantitative estimate of drug-likeness (QED) is 0.484. The maximum absolute atomic E-state index is 14.0. The molecule has 3 heterocycles. The van der Waals surface area contributed by atoms with Crippen LogP contribution in [0.1, 0.15) is 63.0 Å². The van der Waals surface area contributed by atoms with Crippen molar-refractivity contribution in [1.29, 1.82) is 0 Å². The summed E-state index contributed by atoms with van der Waals surface area (Å²) in [5.74, 6) is 1.99. The van der Waals surface area contributed by atoms with Crippen LogP contribution >= 0.6 is 0 Å². The normalized spacial score (nSPS) is 24.0. The van der Waals surface area contributed by atoms with E-state index in [0.29, 0.717) is 11.9 Å². The number of hydrogen-bond acceptors (Lipinski definition) is 6. The Morgan fingerprint density at radius 1 is 0.971 bits per heavy atom. The number of aliphatic hydroxyl groups excluding tert-OH is 1. The minimum absolute atomic E-state index is 0.0443. The maximum Gasteiger partial charge on any atom is 0.260 e. The van der Waals surface area contributed by atoms with Crippen LogP contribution in [-0.2, 0) is 6.42 Å². The van der Waals surface area contributed by atoms with E-state index in [0.717, 1.165) is 79.5 Å². The van der Waals surface area contributed by atoms with Crippen LogP contribution in [-0.4, -0.2) is 45.4 Å². The predicted octanol–water partition coefficient (Wildman–Crippen LogP) is 3.78. The number of piperidine rings is 1. The molecule has 3 aromatic rings. The van der Waals surface area contributed by atoms with Gasteiger partial charge in [-0.15, -0.1) is 0 Å². The second-order valence-corrected chi connectivity index (χ2v) is 10.7. The molecule has 0 bridgehead atoms. The fraction of sp³-hybridized carbons (Fsp3) is 0.593. The Morgan fingerprint density at radius 2 is 1.76 bits per heavy atom. The number of pyridine rings is 1. The lowest BCUT2D eigenvalue weighted by Crippen LogP contribution is -2.30. The molecule has 3 N–H and O–H groups in total. The molecule has 1 aromatic carbocycles. The molecule has 0 amide bonds. The van der Waals surface area contributed by atoms with Gasteiger partial charge in [0.2, 0.25) is 5.95 Å². The maximum atomic E-state index is 14.0. The monoisotopic (exact) mass is 461 g/mol. The Balaban J connectivity index is 1.44. The van der Waals surface area contributed by atoms with Crippen LogP contribution in [0.15, 0.2) is 29.2 Å². The summed E-state index contributed by atoms with van der Waals surface area (Å²) in [6.45, 7) is 3.05. The molecule has 6 rings (SSSR count). The zero-order chi connectivity index (χ0) is 23.1. The number of aliphatic hydroxyl groups is 1. The fourth-order valence-corrected chi connectivity index (χ4v) is 5.82. The average molecular weight is 462 g/mol. The molecular formula is C27H35N5O2. The van der Waals surface area contributed by atoms with Crippen LogP contribution in [0.3, 0.4) is 0 Å². The summed E-state index contributed by atoms with van der Waals surface area (Å²) in [6, 6.07) is 6.46. The number of nitrogens with one attached hydrogen (secondary N) is 2. The molecule has 2 aliphatic carbocycles. The lowest BCUT2D eigenvalue weighted by Gasteiger charge is -2.28. The molecule has 180 valence electrons. The number of fused-ring (bicyclic) bond motifs is 3. The first-order chi connectivity index (χ1) is 16.7.